The standard InChI is InChI=1S/C19H21ClN4S/c1-23-9-8-22-19(23)17-12-21-7-10-24(17)13-16-5-6-18(25-16)14-3-2-4-15(20)11-14/h2-6,8-9,11,17,21H,7,10,12-13H2,1H3. The van der Waals surface area contributed by atoms with Crippen molar-refractivity contribution in [1.82, 2.24) is 19.8 Å². The van der Waals surface area contributed by atoms with E-state index in [1.54, 1.807) is 0 Å². The number of hydrogen-bond donors (Lipinski definition) is 1. The van der Waals surface area contributed by atoms with E-state index < -0.39 is 0 Å². The summed E-state index contributed by atoms with van der Waals surface area (Å²) in [5, 5.41) is 4.28. The van der Waals surface area contributed by atoms with Crippen molar-refractivity contribution in [2.24, 2.45) is 7.05 Å². The molecule has 6 heteroatoms. The Morgan fingerprint density at radius 1 is 1.32 bits per heavy atom. The molecule has 1 unspecified atom stereocenters. The van der Waals surface area contributed by atoms with Gasteiger partial charge in [-0.05, 0) is 29.8 Å². The molecule has 0 spiro atoms. The SMILES string of the molecule is Cn1ccnc1C1CNCCN1Cc1ccc(-c2cccc(Cl)c2)s1. The van der Waals surface area contributed by atoms with Gasteiger partial charge in [0, 0.05) is 60.4 Å². The Bertz CT molecular complexity index is 856. The molecule has 0 saturated carbocycles. The largest absolute Gasteiger partial charge is 0.337 e. The highest BCUT2D eigenvalue weighted by molar-refractivity contribution is 7.15. The third-order valence-corrected chi connectivity index (χ3v) is 5.99. The van der Waals surface area contributed by atoms with Crippen LogP contribution in [0.5, 0.6) is 0 Å². The second-order valence-electron chi connectivity index (χ2n) is 6.36. The summed E-state index contributed by atoms with van der Waals surface area (Å²) in [6, 6.07) is 12.8. The number of aromatic nitrogens is 2. The quantitative estimate of drug-likeness (QED) is 0.752. The van der Waals surface area contributed by atoms with Crippen LogP contribution in [0.25, 0.3) is 10.4 Å². The van der Waals surface area contributed by atoms with Crippen LogP contribution in [0.3, 0.4) is 0 Å². The maximum atomic E-state index is 6.13. The molecule has 3 aromatic rings. The lowest BCUT2D eigenvalue weighted by Gasteiger charge is -2.35. The van der Waals surface area contributed by atoms with Gasteiger partial charge in [0.1, 0.15) is 5.82 Å². The number of rotatable bonds is 4. The molecule has 0 radical (unpaired) electrons. The number of hydrogen-bond acceptors (Lipinski definition) is 4. The van der Waals surface area contributed by atoms with Crippen LogP contribution in [-0.4, -0.2) is 34.1 Å². The van der Waals surface area contributed by atoms with Crippen molar-refractivity contribution >= 4 is 22.9 Å². The molecular formula is C19H21ClN4S. The zero-order valence-corrected chi connectivity index (χ0v) is 15.7. The van der Waals surface area contributed by atoms with Crippen LogP contribution >= 0.6 is 22.9 Å². The monoisotopic (exact) mass is 372 g/mol. The molecule has 1 N–H and O–H groups in total. The normalized spacial score (nSPS) is 18.6. The lowest BCUT2D eigenvalue weighted by atomic mass is 10.1. The van der Waals surface area contributed by atoms with Gasteiger partial charge in [0.15, 0.2) is 0 Å². The van der Waals surface area contributed by atoms with Gasteiger partial charge >= 0.3 is 0 Å². The van der Waals surface area contributed by atoms with E-state index in [1.807, 2.05) is 41.9 Å². The van der Waals surface area contributed by atoms with Crippen LogP contribution in [0.2, 0.25) is 5.02 Å². The summed E-state index contributed by atoms with van der Waals surface area (Å²) >= 11 is 7.97. The van der Waals surface area contributed by atoms with Crippen molar-refractivity contribution in [3.63, 3.8) is 0 Å². The van der Waals surface area contributed by atoms with E-state index in [0.29, 0.717) is 6.04 Å². The first kappa shape index (κ1) is 16.8. The fraction of sp³-hybridized carbons (Fsp3) is 0.316. The summed E-state index contributed by atoms with van der Waals surface area (Å²) in [6.07, 6.45) is 3.90. The molecule has 0 aliphatic carbocycles. The van der Waals surface area contributed by atoms with E-state index in [1.165, 1.54) is 15.3 Å². The van der Waals surface area contributed by atoms with Crippen molar-refractivity contribution in [3.05, 3.63) is 64.5 Å². The van der Waals surface area contributed by atoms with E-state index in [4.69, 9.17) is 11.6 Å². The smallest absolute Gasteiger partial charge is 0.127 e. The second kappa shape index (κ2) is 7.30. The molecule has 0 bridgehead atoms. The van der Waals surface area contributed by atoms with Crippen LogP contribution < -0.4 is 5.32 Å². The molecule has 1 atom stereocenters. The molecule has 130 valence electrons. The number of nitrogens with one attached hydrogen (secondary N) is 1. The van der Waals surface area contributed by atoms with Gasteiger partial charge in [0.05, 0.1) is 6.04 Å². The minimum Gasteiger partial charge on any atom is -0.337 e. The Labute approximate surface area is 157 Å². The number of halogens is 1. The van der Waals surface area contributed by atoms with Gasteiger partial charge in [-0.1, -0.05) is 23.7 Å². The molecule has 1 fully saturated rings. The fourth-order valence-corrected chi connectivity index (χ4v) is 4.57. The summed E-state index contributed by atoms with van der Waals surface area (Å²) in [6.45, 7) is 3.94. The molecule has 1 aliphatic rings. The summed E-state index contributed by atoms with van der Waals surface area (Å²) in [4.78, 5) is 9.72. The average molecular weight is 373 g/mol. The maximum Gasteiger partial charge on any atom is 0.127 e. The van der Waals surface area contributed by atoms with E-state index in [2.05, 4.69) is 45.0 Å². The van der Waals surface area contributed by atoms with Gasteiger partial charge in [-0.3, -0.25) is 4.90 Å². The Kier molecular flexibility index (Phi) is 4.90. The topological polar surface area (TPSA) is 33.1 Å². The Hall–Kier alpha value is -1.66. The molecule has 4 nitrogen and oxygen atoms in total. The molecule has 1 aliphatic heterocycles. The van der Waals surface area contributed by atoms with Crippen molar-refractivity contribution in [3.8, 4) is 10.4 Å². The number of nitrogens with zero attached hydrogens (tertiary/aromatic N) is 3. The number of benzene rings is 1. The number of imidazole rings is 1. The molecule has 1 saturated heterocycles. The first-order valence-corrected chi connectivity index (χ1v) is 9.67. The first-order valence-electron chi connectivity index (χ1n) is 8.47. The molecule has 2 aromatic heterocycles. The zero-order valence-electron chi connectivity index (χ0n) is 14.2. The van der Waals surface area contributed by atoms with E-state index in [9.17, 15) is 0 Å². The maximum absolute atomic E-state index is 6.13. The molecule has 3 heterocycles. The van der Waals surface area contributed by atoms with Gasteiger partial charge in [0.25, 0.3) is 0 Å². The lowest BCUT2D eigenvalue weighted by Crippen LogP contribution is -2.46. The summed E-state index contributed by atoms with van der Waals surface area (Å²) in [5.41, 5.74) is 1.18. The Balaban J connectivity index is 1.54. The highest BCUT2D eigenvalue weighted by Crippen LogP contribution is 2.32. The van der Waals surface area contributed by atoms with Gasteiger partial charge in [-0.15, -0.1) is 11.3 Å². The zero-order chi connectivity index (χ0) is 17.2. The molecule has 1 aromatic carbocycles. The Morgan fingerprint density at radius 2 is 2.24 bits per heavy atom. The highest BCUT2D eigenvalue weighted by Gasteiger charge is 2.27. The van der Waals surface area contributed by atoms with Crippen molar-refractivity contribution in [1.29, 1.82) is 0 Å². The summed E-state index contributed by atoms with van der Waals surface area (Å²) in [7, 11) is 2.07. The second-order valence-corrected chi connectivity index (χ2v) is 7.97. The van der Waals surface area contributed by atoms with E-state index in [0.717, 1.165) is 37.0 Å². The molecule has 0 amide bonds. The van der Waals surface area contributed by atoms with Crippen molar-refractivity contribution in [2.45, 2.75) is 12.6 Å². The minimum atomic E-state index is 0.311. The van der Waals surface area contributed by atoms with Gasteiger partial charge < -0.3 is 9.88 Å². The van der Waals surface area contributed by atoms with Gasteiger partial charge in [-0.2, -0.15) is 0 Å². The third-order valence-electron chi connectivity index (χ3n) is 4.64. The molecule has 4 rings (SSSR count). The predicted octanol–water partition coefficient (Wildman–Crippen LogP) is 3.95. The van der Waals surface area contributed by atoms with Crippen LogP contribution in [0.15, 0.2) is 48.8 Å². The van der Waals surface area contributed by atoms with Gasteiger partial charge in [-0.25, -0.2) is 4.98 Å². The van der Waals surface area contributed by atoms with Crippen molar-refractivity contribution < 1.29 is 0 Å². The van der Waals surface area contributed by atoms with Crippen molar-refractivity contribution in [2.75, 3.05) is 19.6 Å². The average Bonchev–Trinajstić information content (AvgIpc) is 3.25. The number of thiophene rings is 1. The fourth-order valence-electron chi connectivity index (χ4n) is 3.35. The van der Waals surface area contributed by atoms with E-state index >= 15 is 0 Å². The lowest BCUT2D eigenvalue weighted by molar-refractivity contribution is 0.146. The van der Waals surface area contributed by atoms with Crippen LogP contribution in [-0.2, 0) is 13.6 Å². The van der Waals surface area contributed by atoms with E-state index in [-0.39, 0.29) is 0 Å². The number of aryl methyl sites for hydroxylation is 1. The third kappa shape index (κ3) is 3.65. The first-order chi connectivity index (χ1) is 12.2. The van der Waals surface area contributed by atoms with Gasteiger partial charge in [0.2, 0.25) is 0 Å². The van der Waals surface area contributed by atoms with Crippen LogP contribution in [0.4, 0.5) is 0 Å². The Morgan fingerprint density at radius 3 is 3.04 bits per heavy atom. The van der Waals surface area contributed by atoms with Crippen LogP contribution in [0.1, 0.15) is 16.7 Å². The molecular weight excluding hydrogens is 352 g/mol. The predicted molar refractivity (Wildman–Crippen MR) is 104 cm³/mol. The minimum absolute atomic E-state index is 0.311. The summed E-state index contributed by atoms with van der Waals surface area (Å²) < 4.78 is 2.12. The highest BCUT2D eigenvalue weighted by atomic mass is 35.5. The molecule has 25 heavy (non-hydrogen) atoms. The number of piperazine rings is 1. The summed E-state index contributed by atoms with van der Waals surface area (Å²) in [5.74, 6) is 1.12. The van der Waals surface area contributed by atoms with Crippen LogP contribution in [0, 0.1) is 0 Å².